The Morgan fingerprint density at radius 1 is 1.46 bits per heavy atom. The van der Waals surface area contributed by atoms with Crippen molar-refractivity contribution in [2.45, 2.75) is 33.3 Å². The van der Waals surface area contributed by atoms with E-state index in [2.05, 4.69) is 16.7 Å². The van der Waals surface area contributed by atoms with Crippen LogP contribution in [0.5, 0.6) is 0 Å². The van der Waals surface area contributed by atoms with Crippen molar-refractivity contribution >= 4 is 11.8 Å². The normalized spacial score (nSPS) is 11.2. The molecule has 0 aromatic carbocycles. The lowest BCUT2D eigenvalue weighted by molar-refractivity contribution is 0.0584. The Labute approximate surface area is 140 Å². The number of hydrogen-bond acceptors (Lipinski definition) is 4. The van der Waals surface area contributed by atoms with Crippen molar-refractivity contribution in [1.29, 1.82) is 0 Å². The number of nitrogens with zero attached hydrogens (tertiary/aromatic N) is 4. The molecule has 0 saturated heterocycles. The van der Waals surface area contributed by atoms with E-state index < -0.39 is 17.5 Å². The first-order chi connectivity index (χ1) is 11.2. The minimum Gasteiger partial charge on any atom is -0.443 e. The molecule has 0 bridgehead atoms. The molecule has 0 radical (unpaired) electrons. The van der Waals surface area contributed by atoms with Gasteiger partial charge in [0.2, 0.25) is 0 Å². The number of anilines is 1. The number of pyridine rings is 1. The highest BCUT2D eigenvalue weighted by Crippen LogP contribution is 2.23. The van der Waals surface area contributed by atoms with E-state index in [0.29, 0.717) is 17.1 Å². The van der Waals surface area contributed by atoms with Gasteiger partial charge in [0, 0.05) is 12.6 Å². The van der Waals surface area contributed by atoms with Gasteiger partial charge in [-0.25, -0.2) is 13.9 Å². The van der Waals surface area contributed by atoms with Crippen molar-refractivity contribution in [3.63, 3.8) is 0 Å². The number of hydrogen-bond donors (Lipinski definition) is 0. The van der Waals surface area contributed by atoms with E-state index in [-0.39, 0.29) is 6.54 Å². The second-order valence-corrected chi connectivity index (χ2v) is 6.29. The zero-order chi connectivity index (χ0) is 17.9. The number of rotatable bonds is 4. The molecule has 2 aromatic heterocycles. The van der Waals surface area contributed by atoms with E-state index in [1.54, 1.807) is 40.0 Å². The molecule has 0 fully saturated rings. The predicted octanol–water partition coefficient (Wildman–Crippen LogP) is 3.64. The number of halogens is 1. The largest absolute Gasteiger partial charge is 0.443 e. The zero-order valence-electron chi connectivity index (χ0n) is 14.3. The standard InChI is InChI=1S/C17H21FN4O2/c1-6-7-21(16(23)24-17(3,4)5)15-11-22(20-12(15)2)14-8-13(18)9-19-10-14/h6,8-11H,1,7H2,2-5H3. The minimum atomic E-state index is -0.618. The fourth-order valence-electron chi connectivity index (χ4n) is 2.09. The predicted molar refractivity (Wildman–Crippen MR) is 89.8 cm³/mol. The molecule has 2 heterocycles. The molecule has 0 aliphatic carbocycles. The maximum Gasteiger partial charge on any atom is 0.415 e. The summed E-state index contributed by atoms with van der Waals surface area (Å²) in [6, 6.07) is 1.31. The Kier molecular flexibility index (Phi) is 5.02. The first kappa shape index (κ1) is 17.7. The van der Waals surface area contributed by atoms with Gasteiger partial charge in [0.25, 0.3) is 0 Å². The van der Waals surface area contributed by atoms with Crippen LogP contribution in [0.25, 0.3) is 5.69 Å². The van der Waals surface area contributed by atoms with E-state index in [1.807, 2.05) is 0 Å². The van der Waals surface area contributed by atoms with Gasteiger partial charge in [0.05, 0.1) is 35.7 Å². The number of ether oxygens (including phenoxy) is 1. The molecular formula is C17H21FN4O2. The number of aryl methyl sites for hydroxylation is 1. The zero-order valence-corrected chi connectivity index (χ0v) is 14.3. The van der Waals surface area contributed by atoms with Crippen molar-refractivity contribution < 1.29 is 13.9 Å². The van der Waals surface area contributed by atoms with Crippen LogP contribution in [0.4, 0.5) is 14.9 Å². The molecule has 0 unspecified atom stereocenters. The van der Waals surface area contributed by atoms with Gasteiger partial charge in [0.15, 0.2) is 0 Å². The van der Waals surface area contributed by atoms with Gasteiger partial charge in [-0.3, -0.25) is 9.88 Å². The fourth-order valence-corrected chi connectivity index (χ4v) is 2.09. The third-order valence-electron chi connectivity index (χ3n) is 3.04. The van der Waals surface area contributed by atoms with Gasteiger partial charge >= 0.3 is 6.09 Å². The van der Waals surface area contributed by atoms with Crippen molar-refractivity contribution in [3.8, 4) is 5.69 Å². The van der Waals surface area contributed by atoms with Gasteiger partial charge in [-0.2, -0.15) is 5.10 Å². The molecule has 1 amide bonds. The van der Waals surface area contributed by atoms with Crippen LogP contribution in [0.15, 0.2) is 37.3 Å². The van der Waals surface area contributed by atoms with Crippen LogP contribution in [0, 0.1) is 12.7 Å². The number of amides is 1. The Bertz CT molecular complexity index is 749. The number of carbonyl (C=O) groups excluding carboxylic acids is 1. The maximum absolute atomic E-state index is 13.4. The smallest absolute Gasteiger partial charge is 0.415 e. The van der Waals surface area contributed by atoms with E-state index in [1.165, 1.54) is 21.8 Å². The van der Waals surface area contributed by atoms with Crippen LogP contribution in [0.1, 0.15) is 26.5 Å². The monoisotopic (exact) mass is 332 g/mol. The first-order valence-electron chi connectivity index (χ1n) is 7.50. The van der Waals surface area contributed by atoms with Crippen LogP contribution in [-0.2, 0) is 4.74 Å². The van der Waals surface area contributed by atoms with Crippen LogP contribution in [0.2, 0.25) is 0 Å². The molecule has 0 saturated carbocycles. The van der Waals surface area contributed by atoms with Gasteiger partial charge in [-0.15, -0.1) is 6.58 Å². The Balaban J connectivity index is 2.37. The summed E-state index contributed by atoms with van der Waals surface area (Å²) in [6.45, 7) is 11.1. The van der Waals surface area contributed by atoms with Crippen molar-refractivity contribution in [1.82, 2.24) is 14.8 Å². The molecule has 7 heteroatoms. The molecule has 0 atom stereocenters. The molecule has 2 aromatic rings. The van der Waals surface area contributed by atoms with E-state index in [9.17, 15) is 9.18 Å². The van der Waals surface area contributed by atoms with Crippen LogP contribution >= 0.6 is 0 Å². The summed E-state index contributed by atoms with van der Waals surface area (Å²) in [5, 5.41) is 4.33. The topological polar surface area (TPSA) is 60.2 Å². The molecule has 128 valence electrons. The summed E-state index contributed by atoms with van der Waals surface area (Å²) < 4.78 is 20.3. The second-order valence-electron chi connectivity index (χ2n) is 6.29. The third-order valence-corrected chi connectivity index (χ3v) is 3.04. The fraction of sp³-hybridized carbons (Fsp3) is 0.353. The summed E-state index contributed by atoms with van der Waals surface area (Å²) in [4.78, 5) is 17.7. The molecule has 0 aliphatic rings. The molecule has 6 nitrogen and oxygen atoms in total. The lowest BCUT2D eigenvalue weighted by Crippen LogP contribution is -2.37. The van der Waals surface area contributed by atoms with E-state index in [4.69, 9.17) is 4.74 Å². The Hall–Kier alpha value is -2.70. The summed E-state index contributed by atoms with van der Waals surface area (Å²) in [5.74, 6) is -0.461. The Morgan fingerprint density at radius 3 is 2.75 bits per heavy atom. The summed E-state index contributed by atoms with van der Waals surface area (Å²) in [5.41, 5.74) is 1.01. The SMILES string of the molecule is C=CCN(C(=O)OC(C)(C)C)c1cn(-c2cncc(F)c2)nc1C. The average molecular weight is 332 g/mol. The van der Waals surface area contributed by atoms with Crippen LogP contribution in [-0.4, -0.2) is 33.0 Å². The summed E-state index contributed by atoms with van der Waals surface area (Å²) in [6.07, 6.45) is 5.35. The summed E-state index contributed by atoms with van der Waals surface area (Å²) in [7, 11) is 0. The molecule has 0 aliphatic heterocycles. The lowest BCUT2D eigenvalue weighted by atomic mass is 10.2. The van der Waals surface area contributed by atoms with Gasteiger partial charge in [-0.1, -0.05) is 6.08 Å². The van der Waals surface area contributed by atoms with E-state index in [0.717, 1.165) is 6.20 Å². The first-order valence-corrected chi connectivity index (χ1v) is 7.50. The number of aromatic nitrogens is 3. The third kappa shape index (κ3) is 4.18. The van der Waals surface area contributed by atoms with Crippen LogP contribution < -0.4 is 4.90 Å². The summed E-state index contributed by atoms with van der Waals surface area (Å²) >= 11 is 0. The average Bonchev–Trinajstić information content (AvgIpc) is 2.84. The quantitative estimate of drug-likeness (QED) is 0.802. The van der Waals surface area contributed by atoms with E-state index >= 15 is 0 Å². The Morgan fingerprint density at radius 2 is 2.17 bits per heavy atom. The van der Waals surface area contributed by atoms with Crippen LogP contribution in [0.3, 0.4) is 0 Å². The second kappa shape index (κ2) is 6.82. The molecule has 24 heavy (non-hydrogen) atoms. The van der Waals surface area contributed by atoms with Gasteiger partial charge in [0.1, 0.15) is 11.4 Å². The number of carbonyl (C=O) groups is 1. The lowest BCUT2D eigenvalue weighted by Gasteiger charge is -2.26. The van der Waals surface area contributed by atoms with Gasteiger partial charge < -0.3 is 4.74 Å². The van der Waals surface area contributed by atoms with Crippen molar-refractivity contribution in [2.75, 3.05) is 11.4 Å². The molecular weight excluding hydrogens is 311 g/mol. The molecule has 0 spiro atoms. The highest BCUT2D eigenvalue weighted by atomic mass is 19.1. The highest BCUT2D eigenvalue weighted by Gasteiger charge is 2.25. The molecule has 2 rings (SSSR count). The minimum absolute atomic E-state index is 0.267. The maximum atomic E-state index is 13.4. The van der Waals surface area contributed by atoms with Gasteiger partial charge in [-0.05, 0) is 27.7 Å². The van der Waals surface area contributed by atoms with Crippen molar-refractivity contribution in [3.05, 3.63) is 48.8 Å². The highest BCUT2D eigenvalue weighted by molar-refractivity contribution is 5.88. The van der Waals surface area contributed by atoms with Crippen molar-refractivity contribution in [2.24, 2.45) is 0 Å². The molecule has 0 N–H and O–H groups in total.